The molecule has 0 spiro atoms. The lowest BCUT2D eigenvalue weighted by atomic mass is 10.1. The molecule has 0 aliphatic rings. The first-order chi connectivity index (χ1) is 13.4. The standard InChI is InChI=1S/C19H20ClN7O/c1-11-13(3-2-4-14(11)20)15-9-17(27-19(22)26-15)24-8-7-23-16-6-5-12(10-25-16)18(21)28/h2-6,9-10H,7-8H2,1H3,(H2,21,28)(H,23,25)(H3,22,24,26,27). The van der Waals surface area contributed by atoms with E-state index < -0.39 is 5.91 Å². The number of nitrogens with one attached hydrogen (secondary N) is 2. The lowest BCUT2D eigenvalue weighted by molar-refractivity contribution is 0.1000. The molecule has 0 atom stereocenters. The fourth-order valence-corrected chi connectivity index (χ4v) is 2.78. The number of nitrogens with two attached hydrogens (primary N) is 2. The highest BCUT2D eigenvalue weighted by molar-refractivity contribution is 6.31. The van der Waals surface area contributed by atoms with Gasteiger partial charge in [0.1, 0.15) is 11.6 Å². The van der Waals surface area contributed by atoms with Gasteiger partial charge < -0.3 is 22.1 Å². The van der Waals surface area contributed by atoms with Crippen molar-refractivity contribution in [2.24, 2.45) is 5.73 Å². The van der Waals surface area contributed by atoms with Crippen LogP contribution in [0.15, 0.2) is 42.6 Å². The molecule has 2 heterocycles. The Morgan fingerprint density at radius 1 is 1.11 bits per heavy atom. The van der Waals surface area contributed by atoms with Crippen molar-refractivity contribution in [2.45, 2.75) is 6.92 Å². The number of hydrogen-bond donors (Lipinski definition) is 4. The van der Waals surface area contributed by atoms with Crippen LogP contribution in [0.1, 0.15) is 15.9 Å². The molecule has 0 fully saturated rings. The summed E-state index contributed by atoms with van der Waals surface area (Å²) < 4.78 is 0. The van der Waals surface area contributed by atoms with E-state index in [0.717, 1.165) is 11.1 Å². The first-order valence-corrected chi connectivity index (χ1v) is 8.95. The highest BCUT2D eigenvalue weighted by Gasteiger charge is 2.09. The third-order valence-electron chi connectivity index (χ3n) is 4.07. The number of pyridine rings is 1. The van der Waals surface area contributed by atoms with Gasteiger partial charge in [-0.1, -0.05) is 23.7 Å². The van der Waals surface area contributed by atoms with E-state index in [1.807, 2.05) is 31.2 Å². The van der Waals surface area contributed by atoms with Gasteiger partial charge in [0, 0.05) is 35.9 Å². The van der Waals surface area contributed by atoms with Crippen molar-refractivity contribution in [3.05, 3.63) is 58.7 Å². The Bertz CT molecular complexity index is 992. The van der Waals surface area contributed by atoms with Crippen molar-refractivity contribution < 1.29 is 4.79 Å². The molecule has 0 aliphatic heterocycles. The van der Waals surface area contributed by atoms with E-state index in [1.54, 1.807) is 12.1 Å². The third-order valence-corrected chi connectivity index (χ3v) is 4.48. The second-order valence-electron chi connectivity index (χ2n) is 6.06. The molecular weight excluding hydrogens is 378 g/mol. The van der Waals surface area contributed by atoms with Gasteiger partial charge in [-0.25, -0.2) is 9.97 Å². The van der Waals surface area contributed by atoms with Crippen LogP contribution in [0.3, 0.4) is 0 Å². The van der Waals surface area contributed by atoms with Gasteiger partial charge in [-0.15, -0.1) is 0 Å². The topological polar surface area (TPSA) is 132 Å². The van der Waals surface area contributed by atoms with E-state index in [2.05, 4.69) is 25.6 Å². The van der Waals surface area contributed by atoms with Gasteiger partial charge in [0.25, 0.3) is 0 Å². The zero-order valence-electron chi connectivity index (χ0n) is 15.2. The molecule has 1 amide bonds. The van der Waals surface area contributed by atoms with E-state index in [4.69, 9.17) is 23.1 Å². The van der Waals surface area contributed by atoms with Crippen LogP contribution in [-0.4, -0.2) is 33.9 Å². The highest BCUT2D eigenvalue weighted by Crippen LogP contribution is 2.28. The summed E-state index contributed by atoms with van der Waals surface area (Å²) in [4.78, 5) is 23.7. The molecule has 0 saturated carbocycles. The lowest BCUT2D eigenvalue weighted by Crippen LogP contribution is -2.16. The van der Waals surface area contributed by atoms with Crippen molar-refractivity contribution in [1.29, 1.82) is 0 Å². The lowest BCUT2D eigenvalue weighted by Gasteiger charge is -2.11. The predicted octanol–water partition coefficient (Wildman–Crippen LogP) is 2.71. The summed E-state index contributed by atoms with van der Waals surface area (Å²) in [5.41, 5.74) is 14.0. The van der Waals surface area contributed by atoms with Crippen LogP contribution in [0.4, 0.5) is 17.6 Å². The molecule has 144 valence electrons. The van der Waals surface area contributed by atoms with Crippen molar-refractivity contribution in [2.75, 3.05) is 29.5 Å². The summed E-state index contributed by atoms with van der Waals surface area (Å²) in [6, 6.07) is 10.8. The number of anilines is 3. The van der Waals surface area contributed by atoms with Crippen molar-refractivity contribution in [1.82, 2.24) is 15.0 Å². The maximum atomic E-state index is 11.0. The maximum absolute atomic E-state index is 11.0. The number of nitrogens with zero attached hydrogens (tertiary/aromatic N) is 3. The zero-order valence-corrected chi connectivity index (χ0v) is 16.0. The number of carbonyl (C=O) groups is 1. The Morgan fingerprint density at radius 2 is 1.86 bits per heavy atom. The number of amides is 1. The maximum Gasteiger partial charge on any atom is 0.250 e. The number of carbonyl (C=O) groups excluding carboxylic acids is 1. The fourth-order valence-electron chi connectivity index (χ4n) is 2.60. The van der Waals surface area contributed by atoms with Crippen LogP contribution in [0.2, 0.25) is 5.02 Å². The van der Waals surface area contributed by atoms with Gasteiger partial charge in [0.15, 0.2) is 0 Å². The van der Waals surface area contributed by atoms with E-state index in [1.165, 1.54) is 6.20 Å². The zero-order chi connectivity index (χ0) is 20.1. The number of primary amides is 1. The summed E-state index contributed by atoms with van der Waals surface area (Å²) >= 11 is 6.20. The number of aromatic nitrogens is 3. The average molecular weight is 398 g/mol. The molecule has 3 aromatic rings. The first-order valence-electron chi connectivity index (χ1n) is 8.57. The first kappa shape index (κ1) is 19.4. The molecule has 9 heteroatoms. The molecule has 2 aromatic heterocycles. The van der Waals surface area contributed by atoms with Gasteiger partial charge in [-0.3, -0.25) is 4.79 Å². The summed E-state index contributed by atoms with van der Waals surface area (Å²) in [6.45, 7) is 3.09. The molecule has 0 bridgehead atoms. The van der Waals surface area contributed by atoms with Crippen LogP contribution in [0.5, 0.6) is 0 Å². The van der Waals surface area contributed by atoms with E-state index >= 15 is 0 Å². The summed E-state index contributed by atoms with van der Waals surface area (Å²) in [5.74, 6) is 0.925. The van der Waals surface area contributed by atoms with E-state index in [0.29, 0.717) is 41.0 Å². The third kappa shape index (κ3) is 4.66. The van der Waals surface area contributed by atoms with Gasteiger partial charge >= 0.3 is 0 Å². The summed E-state index contributed by atoms with van der Waals surface area (Å²) in [5, 5.41) is 7.01. The summed E-state index contributed by atoms with van der Waals surface area (Å²) in [6.07, 6.45) is 1.43. The molecule has 8 nitrogen and oxygen atoms in total. The Balaban J connectivity index is 1.62. The molecule has 28 heavy (non-hydrogen) atoms. The van der Waals surface area contributed by atoms with Gasteiger partial charge in [0.2, 0.25) is 11.9 Å². The largest absolute Gasteiger partial charge is 0.368 e. The van der Waals surface area contributed by atoms with Gasteiger partial charge in [-0.05, 0) is 30.7 Å². The average Bonchev–Trinajstić information content (AvgIpc) is 2.67. The SMILES string of the molecule is Cc1c(Cl)cccc1-c1cc(NCCNc2ccc(C(N)=O)cn2)nc(N)n1. The molecule has 0 aliphatic carbocycles. The Labute approximate surface area is 167 Å². The van der Waals surface area contributed by atoms with Crippen LogP contribution in [0.25, 0.3) is 11.3 Å². The number of hydrogen-bond acceptors (Lipinski definition) is 7. The highest BCUT2D eigenvalue weighted by atomic mass is 35.5. The summed E-state index contributed by atoms with van der Waals surface area (Å²) in [7, 11) is 0. The smallest absolute Gasteiger partial charge is 0.250 e. The van der Waals surface area contributed by atoms with Crippen LogP contribution in [-0.2, 0) is 0 Å². The normalized spacial score (nSPS) is 10.5. The number of rotatable bonds is 7. The molecule has 0 radical (unpaired) electrons. The molecular formula is C19H20ClN7O. The molecule has 0 unspecified atom stereocenters. The van der Waals surface area contributed by atoms with Crippen LogP contribution in [0, 0.1) is 6.92 Å². The minimum Gasteiger partial charge on any atom is -0.368 e. The minimum atomic E-state index is -0.507. The van der Waals surface area contributed by atoms with Crippen LogP contribution < -0.4 is 22.1 Å². The van der Waals surface area contributed by atoms with Crippen molar-refractivity contribution in [3.8, 4) is 11.3 Å². The fraction of sp³-hybridized carbons (Fsp3) is 0.158. The number of nitrogen functional groups attached to an aromatic ring is 1. The van der Waals surface area contributed by atoms with Gasteiger partial charge in [0.05, 0.1) is 11.3 Å². The molecule has 3 rings (SSSR count). The molecule has 6 N–H and O–H groups in total. The Morgan fingerprint density at radius 3 is 2.54 bits per heavy atom. The predicted molar refractivity (Wildman–Crippen MR) is 111 cm³/mol. The Kier molecular flexibility index (Phi) is 5.90. The minimum absolute atomic E-state index is 0.177. The Hall–Kier alpha value is -3.39. The van der Waals surface area contributed by atoms with Crippen molar-refractivity contribution >= 4 is 35.1 Å². The number of benzene rings is 1. The van der Waals surface area contributed by atoms with E-state index in [9.17, 15) is 4.79 Å². The monoisotopic (exact) mass is 397 g/mol. The van der Waals surface area contributed by atoms with Crippen LogP contribution >= 0.6 is 11.6 Å². The quantitative estimate of drug-likeness (QED) is 0.450. The molecule has 1 aromatic carbocycles. The number of halogens is 1. The second kappa shape index (κ2) is 8.53. The van der Waals surface area contributed by atoms with Crippen molar-refractivity contribution in [3.63, 3.8) is 0 Å². The van der Waals surface area contributed by atoms with Gasteiger partial charge in [-0.2, -0.15) is 4.98 Å². The molecule has 0 saturated heterocycles. The van der Waals surface area contributed by atoms with E-state index in [-0.39, 0.29) is 5.95 Å². The second-order valence-corrected chi connectivity index (χ2v) is 6.47.